The molecule has 4 aromatic rings. The van der Waals surface area contributed by atoms with Crippen molar-refractivity contribution in [1.29, 1.82) is 0 Å². The minimum atomic E-state index is -4.68. The predicted molar refractivity (Wildman–Crippen MR) is 273 cm³/mol. The van der Waals surface area contributed by atoms with E-state index in [1.165, 1.54) is 45.8 Å². The van der Waals surface area contributed by atoms with Crippen LogP contribution in [0.15, 0.2) is 60.8 Å². The molecule has 3 aliphatic rings. The number of benzene rings is 2. The number of fused-ring (bicyclic) bond motifs is 1. The number of hydrogen-bond donors (Lipinski definition) is 9. The number of nitrogens with zero attached hydrogens (tertiary/aromatic N) is 4. The van der Waals surface area contributed by atoms with Crippen molar-refractivity contribution in [1.82, 2.24) is 19.8 Å². The minimum Gasteiger partial charge on any atom is -0.479 e. The van der Waals surface area contributed by atoms with Gasteiger partial charge in [-0.3, -0.25) is 28.3 Å². The summed E-state index contributed by atoms with van der Waals surface area (Å²) in [5.74, 6) is -5.26. The van der Waals surface area contributed by atoms with Crippen molar-refractivity contribution < 1.29 is 109 Å². The van der Waals surface area contributed by atoms with E-state index in [2.05, 4.69) is 19.9 Å². The number of nitrogens with two attached hydrogens (primary N) is 1. The number of halogens is 3. The quantitative estimate of drug-likeness (QED) is 0.0157. The second-order valence-electron chi connectivity index (χ2n) is 19.4. The number of imide groups is 1. The zero-order valence-corrected chi connectivity index (χ0v) is 44.9. The van der Waals surface area contributed by atoms with Crippen LogP contribution < -0.4 is 25.1 Å². The number of carbonyl (C=O) groups is 5. The fourth-order valence-corrected chi connectivity index (χ4v) is 9.72. The summed E-state index contributed by atoms with van der Waals surface area (Å²) in [6, 6.07) is 11.9. The molecule has 0 spiro atoms. The van der Waals surface area contributed by atoms with Crippen LogP contribution in [-0.2, 0) is 76.5 Å². The molecule has 4 heterocycles. The normalized spacial score (nSPS) is 24.1. The molecule has 2 aromatic carbocycles. The number of nitrogens with one attached hydrogen (secondary N) is 2. The molecule has 81 heavy (non-hydrogen) atoms. The second kappa shape index (κ2) is 28.1. The molecule has 0 radical (unpaired) electrons. The molecule has 1 aliphatic carbocycles. The lowest BCUT2D eigenvalue weighted by Crippen LogP contribution is -2.61. The van der Waals surface area contributed by atoms with Crippen LogP contribution in [0, 0.1) is 25.2 Å². The standard InChI is InChI=1S/C50H62F3N7O19S.CH3/c1-27-19-40(63)59(47(27)69)12-14-75-16-18-76-17-15-74-13-9-37(61)55-10-7-38(62)56-35-20-28(5-6-36(35)78-49-45(68)43(66)44(67)46(79-49)48(70)71)25-58-11-8-33(23-30-21-31(42(65)41(30)64)26-77-80(54,72)73)60-39(58)24-34(57-60)29-3-2-4-32(22-29)50(51,52)53;/h2-6,8,11,20,22,24,27,30-31,41-46,49,64-68H,7,9-10,12-19,21,23,25-26H2,1H3,(H4-,54,55,56,61,62,70,71,72,73);1H3/q;-1/p+1/t27?,30-,31+,41-,42+,43-,44-,45+,46-,49+;/m0./s1. The number of likely N-dealkylation sites (tertiary alicyclic amines) is 1. The summed E-state index contributed by atoms with van der Waals surface area (Å²) in [5, 5.41) is 77.8. The number of carbonyl (C=O) groups excluding carboxylic acids is 4. The van der Waals surface area contributed by atoms with E-state index < -0.39 is 101 Å². The number of hydrogen-bond acceptors (Lipinski definition) is 19. The smallest absolute Gasteiger partial charge is 0.416 e. The molecular formula is C51H66F3N7O19S. The summed E-state index contributed by atoms with van der Waals surface area (Å²) >= 11 is 0. The van der Waals surface area contributed by atoms with Crippen LogP contribution in [0.5, 0.6) is 5.75 Å². The van der Waals surface area contributed by atoms with Gasteiger partial charge in [0.1, 0.15) is 42.0 Å². The van der Waals surface area contributed by atoms with E-state index in [9.17, 15) is 76.2 Å². The first-order chi connectivity index (χ1) is 37.9. The number of alkyl halides is 3. The van der Waals surface area contributed by atoms with Crippen LogP contribution in [0.3, 0.4) is 0 Å². The molecule has 1 saturated carbocycles. The van der Waals surface area contributed by atoms with Gasteiger partial charge in [0, 0.05) is 55.7 Å². The molecule has 446 valence electrons. The van der Waals surface area contributed by atoms with Crippen LogP contribution in [0.25, 0.3) is 16.9 Å². The summed E-state index contributed by atoms with van der Waals surface area (Å²) in [4.78, 5) is 63.0. The number of aliphatic hydroxyl groups is 5. The summed E-state index contributed by atoms with van der Waals surface area (Å²) in [6.45, 7) is 2.19. The van der Waals surface area contributed by atoms with Crippen LogP contribution in [-0.4, -0.2) is 185 Å². The fourth-order valence-electron chi connectivity index (χ4n) is 9.35. The number of aliphatic hydroxyl groups excluding tert-OH is 5. The average Bonchev–Trinajstić information content (AvgIpc) is 4.10. The van der Waals surface area contributed by atoms with Crippen molar-refractivity contribution >= 4 is 51.2 Å². The number of carboxylic acid groups (broad SMARTS) is 1. The lowest BCUT2D eigenvalue weighted by atomic mass is 9.98. The largest absolute Gasteiger partial charge is 0.479 e. The highest BCUT2D eigenvalue weighted by Crippen LogP contribution is 2.36. The van der Waals surface area contributed by atoms with E-state index in [0.29, 0.717) is 16.9 Å². The molecule has 2 saturated heterocycles. The zero-order valence-electron chi connectivity index (χ0n) is 44.1. The highest BCUT2D eigenvalue weighted by atomic mass is 32.2. The Morgan fingerprint density at radius 2 is 1.56 bits per heavy atom. The van der Waals surface area contributed by atoms with Crippen LogP contribution in [0.2, 0.25) is 0 Å². The Hall–Kier alpha value is -6.29. The van der Waals surface area contributed by atoms with E-state index in [1.54, 1.807) is 23.8 Å². The van der Waals surface area contributed by atoms with Gasteiger partial charge in [-0.05, 0) is 42.2 Å². The number of aliphatic carboxylic acids is 1. The van der Waals surface area contributed by atoms with Gasteiger partial charge in [0.05, 0.1) is 88.5 Å². The minimum absolute atomic E-state index is 0. The Morgan fingerprint density at radius 3 is 2.22 bits per heavy atom. The van der Waals surface area contributed by atoms with E-state index in [0.717, 1.165) is 12.1 Å². The summed E-state index contributed by atoms with van der Waals surface area (Å²) in [5.41, 5.74) is 0.373. The molecule has 2 aliphatic heterocycles. The van der Waals surface area contributed by atoms with Crippen molar-refractivity contribution in [2.75, 3.05) is 64.7 Å². The van der Waals surface area contributed by atoms with Crippen molar-refractivity contribution in [3.8, 4) is 17.0 Å². The molecule has 1 unspecified atom stereocenters. The zero-order chi connectivity index (χ0) is 58.1. The number of amides is 4. The van der Waals surface area contributed by atoms with Gasteiger partial charge in [-0.25, -0.2) is 14.5 Å². The third-order valence-corrected chi connectivity index (χ3v) is 14.0. The van der Waals surface area contributed by atoms with E-state index in [1.807, 2.05) is 0 Å². The van der Waals surface area contributed by atoms with Gasteiger partial charge in [0.15, 0.2) is 6.10 Å². The van der Waals surface area contributed by atoms with Gasteiger partial charge in [-0.2, -0.15) is 21.6 Å². The summed E-state index contributed by atoms with van der Waals surface area (Å²) in [6.07, 6.45) is -15.8. The van der Waals surface area contributed by atoms with Crippen LogP contribution >= 0.6 is 0 Å². The van der Waals surface area contributed by atoms with Crippen LogP contribution in [0.4, 0.5) is 18.9 Å². The molecule has 4 amide bonds. The lowest BCUT2D eigenvalue weighted by molar-refractivity contribution is -0.665. The third kappa shape index (κ3) is 16.9. The molecule has 3 fully saturated rings. The molecule has 7 rings (SSSR count). The maximum Gasteiger partial charge on any atom is 0.416 e. The first kappa shape index (κ1) is 63.9. The fraction of sp³-hybridized carbons (Fsp3) is 0.529. The molecule has 10 atom stereocenters. The van der Waals surface area contributed by atoms with Gasteiger partial charge in [-0.1, -0.05) is 30.2 Å². The Bertz CT molecular complexity index is 2970. The topological polar surface area (TPSA) is 371 Å². The van der Waals surface area contributed by atoms with Crippen LogP contribution in [0.1, 0.15) is 49.4 Å². The van der Waals surface area contributed by atoms with Crippen molar-refractivity contribution in [3.63, 3.8) is 0 Å². The maximum absolute atomic E-state index is 13.9. The van der Waals surface area contributed by atoms with E-state index in [-0.39, 0.29) is 139 Å². The van der Waals surface area contributed by atoms with Crippen molar-refractivity contribution in [3.05, 3.63) is 85.0 Å². The number of rotatable bonds is 27. The highest BCUT2D eigenvalue weighted by Gasteiger charge is 2.48. The Balaban J connectivity index is 0.0000106. The molecule has 10 N–H and O–H groups in total. The van der Waals surface area contributed by atoms with Gasteiger partial charge in [0.2, 0.25) is 29.9 Å². The first-order valence-corrected chi connectivity index (χ1v) is 26.8. The third-order valence-electron chi connectivity index (χ3n) is 13.6. The molecule has 26 nitrogen and oxygen atoms in total. The Kier molecular flexibility index (Phi) is 22.2. The maximum atomic E-state index is 13.9. The number of carboxylic acids is 1. The molecule has 0 bridgehead atoms. The van der Waals surface area contributed by atoms with Crippen molar-refractivity contribution in [2.24, 2.45) is 22.9 Å². The van der Waals surface area contributed by atoms with Crippen molar-refractivity contribution in [2.45, 2.75) is 94.7 Å². The SMILES string of the molecule is CC1CC(=O)N(CCOCCOCCOCCC(=O)NCCC(=O)Nc2cc(C[n+]3ccc(C[C@@H]4C[C@H](COS(N)(=O)=O)[C@@H](O)[C@H]4O)n4nc(-c5cccc(C(F)(F)F)c5)cc43)ccc2O[C@@H]2O[C@H](C(=O)O)[C@@H](O)[C@H](O)[C@H]2O)C1=O.[CH3-]. The van der Waals surface area contributed by atoms with Gasteiger partial charge in [-0.15, -0.1) is 4.52 Å². The molecule has 30 heteroatoms. The first-order valence-electron chi connectivity index (χ1n) is 25.4. The number of anilines is 1. The Morgan fingerprint density at radius 1 is 0.864 bits per heavy atom. The van der Waals surface area contributed by atoms with Gasteiger partial charge in [0.25, 0.3) is 0 Å². The average molecular weight is 1170 g/mol. The number of ether oxygens (including phenoxy) is 5. The summed E-state index contributed by atoms with van der Waals surface area (Å²) < 4.78 is 99.8. The lowest BCUT2D eigenvalue weighted by Gasteiger charge is -2.38. The van der Waals surface area contributed by atoms with Gasteiger partial charge >= 0.3 is 28.1 Å². The highest BCUT2D eigenvalue weighted by molar-refractivity contribution is 7.84. The Labute approximate surface area is 462 Å². The number of aromatic nitrogens is 3. The molecular weight excluding hydrogens is 1100 g/mol. The summed E-state index contributed by atoms with van der Waals surface area (Å²) in [7, 11) is -4.36. The second-order valence-corrected chi connectivity index (χ2v) is 20.7. The monoisotopic (exact) mass is 1170 g/mol. The van der Waals surface area contributed by atoms with Gasteiger partial charge < -0.3 is 72.4 Å². The predicted octanol–water partition coefficient (Wildman–Crippen LogP) is -0.523. The van der Waals surface area contributed by atoms with E-state index >= 15 is 0 Å². The molecule has 2 aromatic heterocycles. The van der Waals surface area contributed by atoms with E-state index in [4.69, 9.17) is 28.8 Å².